The normalized spacial score (nSPS) is 13.5. The number of halogens is 1. The number of aromatic nitrogens is 1. The molecular weight excluding hydrogens is 392 g/mol. The summed E-state index contributed by atoms with van der Waals surface area (Å²) in [6, 6.07) is 16.0. The Balaban J connectivity index is 1.49. The summed E-state index contributed by atoms with van der Waals surface area (Å²) < 4.78 is 10.9. The van der Waals surface area contributed by atoms with Crippen molar-refractivity contribution >= 4 is 28.5 Å². The lowest BCUT2D eigenvalue weighted by atomic mass is 10.0. The van der Waals surface area contributed by atoms with Crippen LogP contribution in [0.25, 0.3) is 22.3 Å². The summed E-state index contributed by atoms with van der Waals surface area (Å²) in [5.41, 5.74) is 2.35. The summed E-state index contributed by atoms with van der Waals surface area (Å²) in [6.07, 6.45) is 0.553. The van der Waals surface area contributed by atoms with E-state index in [1.165, 1.54) is 0 Å². The number of amides is 1. The predicted molar refractivity (Wildman–Crippen MR) is 108 cm³/mol. The first-order valence-electron chi connectivity index (χ1n) is 9.16. The molecule has 0 bridgehead atoms. The maximum atomic E-state index is 13.1. The van der Waals surface area contributed by atoms with Gasteiger partial charge in [0, 0.05) is 34.5 Å². The highest BCUT2D eigenvalue weighted by Gasteiger charge is 2.29. The van der Waals surface area contributed by atoms with E-state index >= 15 is 0 Å². The van der Waals surface area contributed by atoms with E-state index in [1.807, 2.05) is 24.3 Å². The number of nitrogens with zero attached hydrogens (tertiary/aromatic N) is 2. The van der Waals surface area contributed by atoms with Gasteiger partial charge in [0.05, 0.1) is 12.2 Å². The van der Waals surface area contributed by atoms with Crippen molar-refractivity contribution in [2.45, 2.75) is 13.0 Å². The second-order valence-electron chi connectivity index (χ2n) is 6.91. The minimum absolute atomic E-state index is 0.0247. The molecule has 3 heterocycles. The van der Waals surface area contributed by atoms with Crippen LogP contribution in [0.5, 0.6) is 0 Å². The van der Waals surface area contributed by atoms with E-state index in [9.17, 15) is 9.59 Å². The number of rotatable bonds is 2. The first-order chi connectivity index (χ1) is 14.1. The van der Waals surface area contributed by atoms with Gasteiger partial charge in [0.1, 0.15) is 11.1 Å². The van der Waals surface area contributed by atoms with Crippen molar-refractivity contribution in [3.63, 3.8) is 0 Å². The van der Waals surface area contributed by atoms with Crippen LogP contribution in [0.2, 0.25) is 5.02 Å². The second kappa shape index (κ2) is 6.90. The lowest BCUT2D eigenvalue weighted by molar-refractivity contribution is 0.0730. The maximum absolute atomic E-state index is 13.1. The minimum Gasteiger partial charge on any atom is -0.422 e. The molecule has 1 aliphatic rings. The van der Waals surface area contributed by atoms with Crippen molar-refractivity contribution in [3.8, 4) is 11.3 Å². The molecular formula is C22H15ClN2O4. The standard InChI is InChI=1S/C22H15ClN2O4/c23-15-7-5-13(6-8-15)20-17-12-25(10-9-18(17)24-29-20)21(26)16-11-14-3-1-2-4-19(14)28-22(16)27/h1-8,11H,9-10,12H2. The molecule has 2 aromatic carbocycles. The molecule has 0 fully saturated rings. The molecule has 7 heteroatoms. The zero-order valence-electron chi connectivity index (χ0n) is 15.2. The molecule has 0 saturated heterocycles. The Kier molecular flexibility index (Phi) is 4.21. The molecule has 1 aliphatic heterocycles. The van der Waals surface area contributed by atoms with Crippen LogP contribution in [0.4, 0.5) is 0 Å². The number of benzene rings is 2. The monoisotopic (exact) mass is 406 g/mol. The van der Waals surface area contributed by atoms with Gasteiger partial charge in [0.2, 0.25) is 0 Å². The number of carbonyl (C=O) groups is 1. The highest BCUT2D eigenvalue weighted by Crippen LogP contribution is 2.31. The molecule has 144 valence electrons. The van der Waals surface area contributed by atoms with E-state index < -0.39 is 5.63 Å². The molecule has 0 atom stereocenters. The van der Waals surface area contributed by atoms with Gasteiger partial charge in [-0.25, -0.2) is 4.79 Å². The molecule has 1 amide bonds. The second-order valence-corrected chi connectivity index (χ2v) is 7.34. The van der Waals surface area contributed by atoms with Gasteiger partial charge < -0.3 is 13.8 Å². The van der Waals surface area contributed by atoms with Gasteiger partial charge in [-0.3, -0.25) is 4.79 Å². The van der Waals surface area contributed by atoms with Crippen LogP contribution in [0.3, 0.4) is 0 Å². The Hall–Kier alpha value is -3.38. The number of para-hydroxylation sites is 1. The van der Waals surface area contributed by atoms with Crippen LogP contribution in [0.15, 0.2) is 68.3 Å². The smallest absolute Gasteiger partial charge is 0.349 e. The Morgan fingerprint density at radius 1 is 1.10 bits per heavy atom. The Labute approximate surface area is 170 Å². The Morgan fingerprint density at radius 2 is 1.90 bits per heavy atom. The third-order valence-electron chi connectivity index (χ3n) is 5.10. The molecule has 2 aromatic heterocycles. The van der Waals surface area contributed by atoms with E-state index in [0.717, 1.165) is 16.8 Å². The van der Waals surface area contributed by atoms with Gasteiger partial charge in [0.15, 0.2) is 5.76 Å². The van der Waals surface area contributed by atoms with Gasteiger partial charge in [-0.05, 0) is 36.4 Å². The Bertz CT molecular complexity index is 1290. The summed E-state index contributed by atoms with van der Waals surface area (Å²) in [5.74, 6) is 0.248. The molecule has 0 unspecified atom stereocenters. The summed E-state index contributed by atoms with van der Waals surface area (Å²) in [4.78, 5) is 27.1. The van der Waals surface area contributed by atoms with Gasteiger partial charge >= 0.3 is 5.63 Å². The average Bonchev–Trinajstić information content (AvgIpc) is 3.16. The highest BCUT2D eigenvalue weighted by molar-refractivity contribution is 6.30. The van der Waals surface area contributed by atoms with Crippen molar-refractivity contribution in [1.29, 1.82) is 0 Å². The molecule has 6 nitrogen and oxygen atoms in total. The van der Waals surface area contributed by atoms with Crippen LogP contribution in [-0.2, 0) is 13.0 Å². The Morgan fingerprint density at radius 3 is 2.72 bits per heavy atom. The zero-order chi connectivity index (χ0) is 20.0. The molecule has 5 rings (SSSR count). The number of fused-ring (bicyclic) bond motifs is 2. The summed E-state index contributed by atoms with van der Waals surface area (Å²) in [5, 5.41) is 5.49. The number of hydrogen-bond donors (Lipinski definition) is 0. The van der Waals surface area contributed by atoms with Crippen molar-refractivity contribution in [2.75, 3.05) is 6.54 Å². The third-order valence-corrected chi connectivity index (χ3v) is 5.35. The third kappa shape index (κ3) is 3.11. The van der Waals surface area contributed by atoms with Crippen LogP contribution in [0, 0.1) is 0 Å². The summed E-state index contributed by atoms with van der Waals surface area (Å²) in [7, 11) is 0. The van der Waals surface area contributed by atoms with Crippen molar-refractivity contribution in [1.82, 2.24) is 10.1 Å². The largest absolute Gasteiger partial charge is 0.422 e. The van der Waals surface area contributed by atoms with Crippen LogP contribution in [-0.4, -0.2) is 22.5 Å². The fourth-order valence-corrected chi connectivity index (χ4v) is 3.72. The SMILES string of the molecule is O=C(c1cc2ccccc2oc1=O)N1CCc2noc(-c3ccc(Cl)cc3)c2C1. The first-order valence-corrected chi connectivity index (χ1v) is 9.53. The minimum atomic E-state index is -0.636. The molecule has 0 radical (unpaired) electrons. The average molecular weight is 407 g/mol. The lowest BCUT2D eigenvalue weighted by Gasteiger charge is -2.26. The van der Waals surface area contributed by atoms with E-state index in [1.54, 1.807) is 35.2 Å². The van der Waals surface area contributed by atoms with Crippen molar-refractivity contribution in [2.24, 2.45) is 0 Å². The van der Waals surface area contributed by atoms with E-state index in [-0.39, 0.29) is 11.5 Å². The number of carbonyl (C=O) groups excluding carboxylic acids is 1. The zero-order valence-corrected chi connectivity index (χ0v) is 16.0. The van der Waals surface area contributed by atoms with Crippen molar-refractivity contribution < 1.29 is 13.7 Å². The van der Waals surface area contributed by atoms with Crippen LogP contribution >= 0.6 is 11.6 Å². The van der Waals surface area contributed by atoms with Crippen LogP contribution < -0.4 is 5.63 Å². The van der Waals surface area contributed by atoms with Crippen molar-refractivity contribution in [3.05, 3.63) is 86.9 Å². The van der Waals surface area contributed by atoms with Gasteiger partial charge in [-0.15, -0.1) is 0 Å². The molecule has 0 spiro atoms. The van der Waals surface area contributed by atoms with Gasteiger partial charge in [-0.1, -0.05) is 35.0 Å². The first kappa shape index (κ1) is 17.7. The topological polar surface area (TPSA) is 76.6 Å². The number of hydrogen-bond acceptors (Lipinski definition) is 5. The van der Waals surface area contributed by atoms with Gasteiger partial charge in [-0.2, -0.15) is 0 Å². The molecule has 29 heavy (non-hydrogen) atoms. The molecule has 4 aromatic rings. The lowest BCUT2D eigenvalue weighted by Crippen LogP contribution is -2.38. The molecule has 0 N–H and O–H groups in total. The van der Waals surface area contributed by atoms with Crippen LogP contribution in [0.1, 0.15) is 21.6 Å². The molecule has 0 aliphatic carbocycles. The van der Waals surface area contributed by atoms with E-state index in [0.29, 0.717) is 41.3 Å². The van der Waals surface area contributed by atoms with E-state index in [2.05, 4.69) is 5.16 Å². The fraction of sp³-hybridized carbons (Fsp3) is 0.136. The highest BCUT2D eigenvalue weighted by atomic mass is 35.5. The maximum Gasteiger partial charge on any atom is 0.349 e. The summed E-state index contributed by atoms with van der Waals surface area (Å²) >= 11 is 5.97. The predicted octanol–water partition coefficient (Wildman–Crippen LogP) is 4.30. The molecule has 0 saturated carbocycles. The van der Waals surface area contributed by atoms with E-state index in [4.69, 9.17) is 20.5 Å². The van der Waals surface area contributed by atoms with Gasteiger partial charge in [0.25, 0.3) is 5.91 Å². The quantitative estimate of drug-likeness (QED) is 0.464. The fourth-order valence-electron chi connectivity index (χ4n) is 3.60. The summed E-state index contributed by atoms with van der Waals surface area (Å²) in [6.45, 7) is 0.757.